The Bertz CT molecular complexity index is 263. The van der Waals surface area contributed by atoms with Crippen molar-refractivity contribution in [2.75, 3.05) is 59.8 Å². The molecule has 0 radical (unpaired) electrons. The zero-order chi connectivity index (χ0) is 17.0. The van der Waals surface area contributed by atoms with Crippen molar-refractivity contribution in [3.63, 3.8) is 0 Å². The first kappa shape index (κ1) is 22.1. The SMILES string of the molecule is CCCCOCCCN=C(NCC)NCCCCOCCOC. The van der Waals surface area contributed by atoms with Gasteiger partial charge in [0, 0.05) is 46.6 Å². The summed E-state index contributed by atoms with van der Waals surface area (Å²) in [5.74, 6) is 0.890. The van der Waals surface area contributed by atoms with Gasteiger partial charge in [0.15, 0.2) is 5.96 Å². The van der Waals surface area contributed by atoms with E-state index in [0.717, 1.165) is 71.1 Å². The van der Waals surface area contributed by atoms with E-state index in [4.69, 9.17) is 14.2 Å². The van der Waals surface area contributed by atoms with E-state index in [1.54, 1.807) is 7.11 Å². The third kappa shape index (κ3) is 17.3. The molecule has 0 rings (SSSR count). The molecule has 0 heterocycles. The maximum Gasteiger partial charge on any atom is 0.191 e. The van der Waals surface area contributed by atoms with E-state index < -0.39 is 0 Å². The molecule has 2 N–H and O–H groups in total. The van der Waals surface area contributed by atoms with Crippen LogP contribution in [0.4, 0.5) is 0 Å². The second-order valence-electron chi connectivity index (χ2n) is 5.32. The van der Waals surface area contributed by atoms with Crippen molar-refractivity contribution in [3.05, 3.63) is 0 Å². The fourth-order valence-corrected chi connectivity index (χ4v) is 1.83. The molecule has 0 amide bonds. The Hall–Kier alpha value is -0.850. The fraction of sp³-hybridized carbons (Fsp3) is 0.941. The van der Waals surface area contributed by atoms with Crippen molar-refractivity contribution in [3.8, 4) is 0 Å². The molecule has 0 aliphatic carbocycles. The van der Waals surface area contributed by atoms with Crippen LogP contribution in [0.15, 0.2) is 4.99 Å². The Balaban J connectivity index is 3.58. The van der Waals surface area contributed by atoms with Crippen LogP contribution in [0.3, 0.4) is 0 Å². The van der Waals surface area contributed by atoms with Gasteiger partial charge in [-0.1, -0.05) is 13.3 Å². The monoisotopic (exact) mass is 331 g/mol. The summed E-state index contributed by atoms with van der Waals surface area (Å²) in [6.45, 7) is 10.6. The Kier molecular flexibility index (Phi) is 18.5. The predicted octanol–water partition coefficient (Wildman–Crippen LogP) is 2.19. The standard InChI is InChI=1S/C17H37N3O3/c1-4-6-12-22-14-9-11-20-17(18-5-2)19-10-7-8-13-23-16-15-21-3/h4-16H2,1-3H3,(H2,18,19,20). The van der Waals surface area contributed by atoms with Crippen molar-refractivity contribution < 1.29 is 14.2 Å². The van der Waals surface area contributed by atoms with Crippen LogP contribution in [0.25, 0.3) is 0 Å². The van der Waals surface area contributed by atoms with Gasteiger partial charge in [0.2, 0.25) is 0 Å². The van der Waals surface area contributed by atoms with Gasteiger partial charge >= 0.3 is 0 Å². The number of ether oxygens (including phenoxy) is 3. The van der Waals surface area contributed by atoms with Gasteiger partial charge < -0.3 is 24.8 Å². The van der Waals surface area contributed by atoms with E-state index in [0.29, 0.717) is 13.2 Å². The van der Waals surface area contributed by atoms with Crippen molar-refractivity contribution in [1.29, 1.82) is 0 Å². The topological polar surface area (TPSA) is 64.1 Å². The molecule has 0 aromatic rings. The van der Waals surface area contributed by atoms with Gasteiger partial charge in [0.05, 0.1) is 13.2 Å². The number of unbranched alkanes of at least 4 members (excludes halogenated alkanes) is 2. The molecule has 0 aliphatic rings. The van der Waals surface area contributed by atoms with E-state index in [2.05, 4.69) is 29.5 Å². The van der Waals surface area contributed by atoms with Crippen LogP contribution in [-0.2, 0) is 14.2 Å². The zero-order valence-electron chi connectivity index (χ0n) is 15.4. The summed E-state index contributed by atoms with van der Waals surface area (Å²) in [5, 5.41) is 6.61. The van der Waals surface area contributed by atoms with Crippen LogP contribution < -0.4 is 10.6 Å². The number of aliphatic imine (C=N–C) groups is 1. The number of nitrogens with one attached hydrogen (secondary N) is 2. The lowest BCUT2D eigenvalue weighted by molar-refractivity contribution is 0.0689. The van der Waals surface area contributed by atoms with Crippen molar-refractivity contribution in [2.24, 2.45) is 4.99 Å². The lowest BCUT2D eigenvalue weighted by Gasteiger charge is -2.11. The van der Waals surface area contributed by atoms with Crippen LogP contribution in [0.2, 0.25) is 0 Å². The van der Waals surface area contributed by atoms with Crippen LogP contribution in [0.5, 0.6) is 0 Å². The van der Waals surface area contributed by atoms with Gasteiger partial charge in [-0.25, -0.2) is 0 Å². The lowest BCUT2D eigenvalue weighted by Crippen LogP contribution is -2.38. The number of rotatable bonds is 16. The minimum absolute atomic E-state index is 0.664. The van der Waals surface area contributed by atoms with Gasteiger partial charge in [-0.05, 0) is 32.6 Å². The maximum absolute atomic E-state index is 5.54. The summed E-state index contributed by atoms with van der Waals surface area (Å²) in [5.41, 5.74) is 0. The molecular formula is C17H37N3O3. The summed E-state index contributed by atoms with van der Waals surface area (Å²) < 4.78 is 15.9. The van der Waals surface area contributed by atoms with E-state index in [9.17, 15) is 0 Å². The average Bonchev–Trinajstić information content (AvgIpc) is 2.56. The third-order valence-electron chi connectivity index (χ3n) is 3.14. The quantitative estimate of drug-likeness (QED) is 0.258. The molecule has 0 unspecified atom stereocenters. The summed E-state index contributed by atoms with van der Waals surface area (Å²) in [4.78, 5) is 4.56. The Morgan fingerprint density at radius 3 is 2.30 bits per heavy atom. The van der Waals surface area contributed by atoms with Gasteiger partial charge in [-0.3, -0.25) is 4.99 Å². The molecule has 0 spiro atoms. The summed E-state index contributed by atoms with van der Waals surface area (Å²) in [6, 6.07) is 0. The molecule has 6 nitrogen and oxygen atoms in total. The van der Waals surface area contributed by atoms with Gasteiger partial charge in [-0.2, -0.15) is 0 Å². The Labute approximate surface area is 142 Å². The van der Waals surface area contributed by atoms with Gasteiger partial charge in [0.1, 0.15) is 0 Å². The zero-order valence-corrected chi connectivity index (χ0v) is 15.4. The molecule has 23 heavy (non-hydrogen) atoms. The van der Waals surface area contributed by atoms with Gasteiger partial charge in [-0.15, -0.1) is 0 Å². The molecule has 0 aromatic carbocycles. The van der Waals surface area contributed by atoms with E-state index in [1.165, 1.54) is 6.42 Å². The highest BCUT2D eigenvalue weighted by molar-refractivity contribution is 5.79. The molecule has 0 aromatic heterocycles. The first-order valence-corrected chi connectivity index (χ1v) is 9.01. The second kappa shape index (κ2) is 19.2. The van der Waals surface area contributed by atoms with Crippen LogP contribution in [0.1, 0.15) is 46.0 Å². The largest absolute Gasteiger partial charge is 0.382 e. The van der Waals surface area contributed by atoms with Crippen LogP contribution in [0, 0.1) is 0 Å². The van der Waals surface area contributed by atoms with Gasteiger partial charge in [0.25, 0.3) is 0 Å². The predicted molar refractivity (Wildman–Crippen MR) is 96.3 cm³/mol. The number of methoxy groups -OCH3 is 1. The minimum atomic E-state index is 0.664. The van der Waals surface area contributed by atoms with E-state index in [-0.39, 0.29) is 0 Å². The summed E-state index contributed by atoms with van der Waals surface area (Å²) in [7, 11) is 1.69. The molecule has 0 saturated carbocycles. The first-order chi connectivity index (χ1) is 11.3. The smallest absolute Gasteiger partial charge is 0.191 e. The first-order valence-electron chi connectivity index (χ1n) is 9.01. The molecular weight excluding hydrogens is 294 g/mol. The highest BCUT2D eigenvalue weighted by atomic mass is 16.5. The van der Waals surface area contributed by atoms with Crippen molar-refractivity contribution in [2.45, 2.75) is 46.0 Å². The average molecular weight is 332 g/mol. The number of hydrogen-bond acceptors (Lipinski definition) is 4. The highest BCUT2D eigenvalue weighted by Crippen LogP contribution is 1.91. The molecule has 0 atom stereocenters. The fourth-order valence-electron chi connectivity index (χ4n) is 1.83. The maximum atomic E-state index is 5.54. The Morgan fingerprint density at radius 2 is 1.57 bits per heavy atom. The normalized spacial score (nSPS) is 11.7. The number of nitrogens with zero attached hydrogens (tertiary/aromatic N) is 1. The number of hydrogen-bond donors (Lipinski definition) is 2. The molecule has 138 valence electrons. The van der Waals surface area contributed by atoms with Crippen molar-refractivity contribution >= 4 is 5.96 Å². The number of guanidine groups is 1. The van der Waals surface area contributed by atoms with Crippen LogP contribution in [-0.4, -0.2) is 65.7 Å². The molecule has 6 heteroatoms. The molecule has 0 aliphatic heterocycles. The van der Waals surface area contributed by atoms with E-state index in [1.807, 2.05) is 0 Å². The highest BCUT2D eigenvalue weighted by Gasteiger charge is 1.97. The third-order valence-corrected chi connectivity index (χ3v) is 3.14. The van der Waals surface area contributed by atoms with E-state index >= 15 is 0 Å². The Morgan fingerprint density at radius 1 is 0.826 bits per heavy atom. The minimum Gasteiger partial charge on any atom is -0.382 e. The molecule has 0 saturated heterocycles. The summed E-state index contributed by atoms with van der Waals surface area (Å²) >= 11 is 0. The second-order valence-corrected chi connectivity index (χ2v) is 5.32. The van der Waals surface area contributed by atoms with Crippen molar-refractivity contribution in [1.82, 2.24) is 10.6 Å². The molecule has 0 bridgehead atoms. The van der Waals surface area contributed by atoms with Crippen LogP contribution >= 0.6 is 0 Å². The summed E-state index contributed by atoms with van der Waals surface area (Å²) in [6.07, 6.45) is 5.40. The molecule has 0 fully saturated rings. The lowest BCUT2D eigenvalue weighted by atomic mass is 10.3.